The number of carboxylic acids is 1. The molecule has 0 radical (unpaired) electrons. The lowest BCUT2D eigenvalue weighted by atomic mass is 9.99. The molecule has 0 spiro atoms. The number of allylic oxidation sites excluding steroid dienone is 1. The van der Waals surface area contributed by atoms with Gasteiger partial charge in [0.25, 0.3) is 0 Å². The predicted octanol–water partition coefficient (Wildman–Crippen LogP) is 1.18. The average Bonchev–Trinajstić information content (AvgIpc) is 2.13. The minimum atomic E-state index is -0.989. The highest BCUT2D eigenvalue weighted by molar-refractivity contribution is 5.91. The molecule has 80 valence electrons. The minimum absolute atomic E-state index is 0.0679. The van der Waals surface area contributed by atoms with Crippen molar-refractivity contribution in [1.29, 1.82) is 0 Å². The highest BCUT2D eigenvalue weighted by atomic mass is 16.4. The molecule has 0 aromatic carbocycles. The van der Waals surface area contributed by atoms with Crippen LogP contribution in [0.4, 0.5) is 0 Å². The maximum Gasteiger partial charge on any atom is 0.326 e. The zero-order valence-corrected chi connectivity index (χ0v) is 8.78. The molecular formula is C10H17NO3. The van der Waals surface area contributed by atoms with E-state index < -0.39 is 12.0 Å². The summed E-state index contributed by atoms with van der Waals surface area (Å²) in [6.45, 7) is 5.40. The summed E-state index contributed by atoms with van der Waals surface area (Å²) in [6.07, 6.45) is 3.61. The molecule has 1 amide bonds. The van der Waals surface area contributed by atoms with Crippen molar-refractivity contribution in [1.82, 2.24) is 5.32 Å². The van der Waals surface area contributed by atoms with Crippen LogP contribution in [0.25, 0.3) is 0 Å². The molecule has 4 nitrogen and oxygen atoms in total. The minimum Gasteiger partial charge on any atom is -0.480 e. The Morgan fingerprint density at radius 2 is 2.07 bits per heavy atom. The summed E-state index contributed by atoms with van der Waals surface area (Å²) in [7, 11) is 0. The van der Waals surface area contributed by atoms with Gasteiger partial charge in [-0.3, -0.25) is 4.79 Å². The molecule has 0 saturated heterocycles. The Hall–Kier alpha value is -1.32. The molecule has 0 aromatic rings. The van der Waals surface area contributed by atoms with Gasteiger partial charge in [0.1, 0.15) is 6.04 Å². The van der Waals surface area contributed by atoms with Crippen LogP contribution in [0.3, 0.4) is 0 Å². The van der Waals surface area contributed by atoms with Crippen LogP contribution in [0, 0.1) is 5.92 Å². The second-order valence-electron chi connectivity index (χ2n) is 3.21. The summed E-state index contributed by atoms with van der Waals surface area (Å²) in [5.74, 6) is -1.42. The van der Waals surface area contributed by atoms with E-state index in [0.29, 0.717) is 6.42 Å². The van der Waals surface area contributed by atoms with Gasteiger partial charge in [0, 0.05) is 0 Å². The largest absolute Gasteiger partial charge is 0.480 e. The first-order valence-electron chi connectivity index (χ1n) is 4.68. The predicted molar refractivity (Wildman–Crippen MR) is 53.8 cm³/mol. The fourth-order valence-electron chi connectivity index (χ4n) is 1.04. The van der Waals surface area contributed by atoms with E-state index in [1.807, 2.05) is 6.92 Å². The number of aliphatic carboxylic acids is 1. The van der Waals surface area contributed by atoms with E-state index in [0.717, 1.165) is 0 Å². The Labute approximate surface area is 84.0 Å². The van der Waals surface area contributed by atoms with E-state index in [1.54, 1.807) is 19.9 Å². The molecule has 4 heteroatoms. The molecule has 0 saturated carbocycles. The first-order chi connectivity index (χ1) is 6.52. The Morgan fingerprint density at radius 3 is 2.43 bits per heavy atom. The fraction of sp³-hybridized carbons (Fsp3) is 0.600. The number of amides is 1. The molecule has 0 unspecified atom stereocenters. The van der Waals surface area contributed by atoms with Crippen LogP contribution in [-0.4, -0.2) is 23.0 Å². The van der Waals surface area contributed by atoms with Gasteiger partial charge in [-0.1, -0.05) is 26.3 Å². The van der Waals surface area contributed by atoms with Gasteiger partial charge in [0.15, 0.2) is 0 Å². The van der Waals surface area contributed by atoms with Gasteiger partial charge in [-0.25, -0.2) is 4.79 Å². The molecule has 0 bridgehead atoms. The first kappa shape index (κ1) is 12.7. The van der Waals surface area contributed by atoms with Gasteiger partial charge in [-0.2, -0.15) is 0 Å². The lowest BCUT2D eigenvalue weighted by Gasteiger charge is -2.19. The monoisotopic (exact) mass is 199 g/mol. The van der Waals surface area contributed by atoms with Gasteiger partial charge in [0.2, 0.25) is 5.91 Å². The third-order valence-electron chi connectivity index (χ3n) is 2.09. The van der Waals surface area contributed by atoms with Crippen LogP contribution < -0.4 is 5.32 Å². The van der Waals surface area contributed by atoms with Crippen LogP contribution in [0.1, 0.15) is 27.2 Å². The molecule has 0 heterocycles. The maximum atomic E-state index is 11.1. The van der Waals surface area contributed by atoms with E-state index in [4.69, 9.17) is 5.11 Å². The quantitative estimate of drug-likeness (QED) is 0.653. The number of hydrogen-bond donors (Lipinski definition) is 2. The number of carbonyl (C=O) groups is 2. The molecule has 2 N–H and O–H groups in total. The Morgan fingerprint density at radius 1 is 1.50 bits per heavy atom. The second-order valence-corrected chi connectivity index (χ2v) is 3.21. The summed E-state index contributed by atoms with van der Waals surface area (Å²) in [4.78, 5) is 21.9. The van der Waals surface area contributed by atoms with E-state index in [2.05, 4.69) is 5.32 Å². The van der Waals surface area contributed by atoms with E-state index in [-0.39, 0.29) is 11.8 Å². The standard InChI is InChI=1S/C10H17NO3/c1-4-6-8(12)11-9(10(13)14)7(3)5-2/h4,6-7,9H,5H2,1-3H3,(H,11,12)(H,13,14)/t7-,9-/m0/s1. The van der Waals surface area contributed by atoms with Gasteiger partial charge >= 0.3 is 5.97 Å². The molecule has 0 aliphatic heterocycles. The van der Waals surface area contributed by atoms with Gasteiger partial charge in [0.05, 0.1) is 0 Å². The van der Waals surface area contributed by atoms with Crippen molar-refractivity contribution < 1.29 is 14.7 Å². The molecule has 0 rings (SSSR count). The van der Waals surface area contributed by atoms with Crippen molar-refractivity contribution >= 4 is 11.9 Å². The highest BCUT2D eigenvalue weighted by Gasteiger charge is 2.24. The van der Waals surface area contributed by atoms with Crippen LogP contribution in [0.2, 0.25) is 0 Å². The SMILES string of the molecule is CC=CC(=O)N[C@H](C(=O)O)[C@@H](C)CC. The molecule has 0 aromatic heterocycles. The van der Waals surface area contributed by atoms with Crippen LogP contribution in [0.15, 0.2) is 12.2 Å². The van der Waals surface area contributed by atoms with Crippen molar-refractivity contribution in [2.24, 2.45) is 5.92 Å². The van der Waals surface area contributed by atoms with Crippen molar-refractivity contribution in [3.05, 3.63) is 12.2 Å². The van der Waals surface area contributed by atoms with Crippen molar-refractivity contribution in [3.63, 3.8) is 0 Å². The number of rotatable bonds is 5. The van der Waals surface area contributed by atoms with Crippen molar-refractivity contribution in [3.8, 4) is 0 Å². The zero-order valence-electron chi connectivity index (χ0n) is 8.78. The Kier molecular flexibility index (Phi) is 5.60. The van der Waals surface area contributed by atoms with Gasteiger partial charge < -0.3 is 10.4 Å². The topological polar surface area (TPSA) is 66.4 Å². The highest BCUT2D eigenvalue weighted by Crippen LogP contribution is 2.07. The lowest BCUT2D eigenvalue weighted by Crippen LogP contribution is -2.44. The van der Waals surface area contributed by atoms with Crippen LogP contribution in [0.5, 0.6) is 0 Å². The normalized spacial score (nSPS) is 15.1. The van der Waals surface area contributed by atoms with Crippen LogP contribution >= 0.6 is 0 Å². The molecular weight excluding hydrogens is 182 g/mol. The maximum absolute atomic E-state index is 11.1. The summed E-state index contributed by atoms with van der Waals surface area (Å²) >= 11 is 0. The molecule has 0 aliphatic rings. The zero-order chi connectivity index (χ0) is 11.1. The third kappa shape index (κ3) is 4.07. The molecule has 0 fully saturated rings. The van der Waals surface area contributed by atoms with E-state index in [1.165, 1.54) is 6.08 Å². The number of hydrogen-bond acceptors (Lipinski definition) is 2. The summed E-state index contributed by atoms with van der Waals surface area (Å²) < 4.78 is 0. The number of carboxylic acid groups (broad SMARTS) is 1. The number of carbonyl (C=O) groups excluding carboxylic acids is 1. The lowest BCUT2D eigenvalue weighted by molar-refractivity contribution is -0.142. The first-order valence-corrected chi connectivity index (χ1v) is 4.68. The molecule has 0 aliphatic carbocycles. The summed E-state index contributed by atoms with van der Waals surface area (Å²) in [6, 6.07) is -0.802. The molecule has 14 heavy (non-hydrogen) atoms. The average molecular weight is 199 g/mol. The fourth-order valence-corrected chi connectivity index (χ4v) is 1.04. The van der Waals surface area contributed by atoms with Crippen molar-refractivity contribution in [2.75, 3.05) is 0 Å². The molecule has 2 atom stereocenters. The summed E-state index contributed by atoms with van der Waals surface area (Å²) in [5.41, 5.74) is 0. The van der Waals surface area contributed by atoms with Gasteiger partial charge in [-0.05, 0) is 18.9 Å². The second kappa shape index (κ2) is 6.18. The Balaban J connectivity index is 4.38. The van der Waals surface area contributed by atoms with Crippen LogP contribution in [-0.2, 0) is 9.59 Å². The smallest absolute Gasteiger partial charge is 0.326 e. The number of nitrogens with one attached hydrogen (secondary N) is 1. The van der Waals surface area contributed by atoms with E-state index in [9.17, 15) is 9.59 Å². The summed E-state index contributed by atoms with van der Waals surface area (Å²) in [5, 5.41) is 11.3. The van der Waals surface area contributed by atoms with E-state index >= 15 is 0 Å². The third-order valence-corrected chi connectivity index (χ3v) is 2.09. The van der Waals surface area contributed by atoms with Crippen molar-refractivity contribution in [2.45, 2.75) is 33.2 Å². The van der Waals surface area contributed by atoms with Gasteiger partial charge in [-0.15, -0.1) is 0 Å². The Bertz CT molecular complexity index is 236.